The topological polar surface area (TPSA) is 84.5 Å². The number of rotatable bonds is 3. The van der Waals surface area contributed by atoms with Gasteiger partial charge in [-0.15, -0.1) is 0 Å². The van der Waals surface area contributed by atoms with Gasteiger partial charge in [0.2, 0.25) is 0 Å². The van der Waals surface area contributed by atoms with E-state index in [1.54, 1.807) is 26.8 Å². The summed E-state index contributed by atoms with van der Waals surface area (Å²) in [5.74, 6) is 0.401. The number of ether oxygens (including phenoxy) is 1. The normalized spacial score (nSPS) is 18.2. The zero-order chi connectivity index (χ0) is 17.1. The molecule has 7 heteroatoms. The summed E-state index contributed by atoms with van der Waals surface area (Å²) in [6.07, 6.45) is 0.629. The number of benzene rings is 1. The van der Waals surface area contributed by atoms with Crippen molar-refractivity contribution in [3.63, 3.8) is 0 Å². The number of hydrogen-bond donors (Lipinski definition) is 2. The van der Waals surface area contributed by atoms with E-state index in [0.717, 1.165) is 5.69 Å². The van der Waals surface area contributed by atoms with Crippen LogP contribution in [-0.2, 0) is 14.6 Å². The van der Waals surface area contributed by atoms with Crippen molar-refractivity contribution < 1.29 is 17.9 Å². The fourth-order valence-electron chi connectivity index (χ4n) is 2.39. The number of sulfone groups is 1. The van der Waals surface area contributed by atoms with Crippen LogP contribution in [0, 0.1) is 0 Å². The maximum absolute atomic E-state index is 11.9. The van der Waals surface area contributed by atoms with Gasteiger partial charge in [0.05, 0.1) is 22.9 Å². The zero-order valence-electron chi connectivity index (χ0n) is 13.8. The molecule has 0 bridgehead atoms. The molecule has 6 nitrogen and oxygen atoms in total. The van der Waals surface area contributed by atoms with Crippen LogP contribution in [0.15, 0.2) is 24.3 Å². The fourth-order valence-corrected chi connectivity index (χ4v) is 3.88. The van der Waals surface area contributed by atoms with Gasteiger partial charge in [-0.2, -0.15) is 0 Å². The third-order valence-corrected chi connectivity index (χ3v) is 5.19. The van der Waals surface area contributed by atoms with Crippen molar-refractivity contribution in [1.82, 2.24) is 0 Å². The second-order valence-electron chi connectivity index (χ2n) is 6.74. The third-order valence-electron chi connectivity index (χ3n) is 3.48. The molecule has 0 radical (unpaired) electrons. The van der Waals surface area contributed by atoms with Crippen molar-refractivity contribution in [1.29, 1.82) is 0 Å². The van der Waals surface area contributed by atoms with Crippen molar-refractivity contribution in [2.24, 2.45) is 0 Å². The number of nitrogens with one attached hydrogen (secondary N) is 2. The lowest BCUT2D eigenvalue weighted by atomic mass is 10.1. The van der Waals surface area contributed by atoms with E-state index >= 15 is 0 Å². The number of anilines is 2. The number of para-hydroxylation sites is 2. The summed E-state index contributed by atoms with van der Waals surface area (Å²) in [5.41, 5.74) is 0.822. The molecule has 2 N–H and O–H groups in total. The van der Waals surface area contributed by atoms with E-state index in [2.05, 4.69) is 10.6 Å². The van der Waals surface area contributed by atoms with Gasteiger partial charge in [-0.05, 0) is 45.7 Å². The van der Waals surface area contributed by atoms with Gasteiger partial charge < -0.3 is 10.1 Å². The maximum atomic E-state index is 11.9. The Morgan fingerprint density at radius 3 is 2.26 bits per heavy atom. The monoisotopic (exact) mass is 340 g/mol. The van der Waals surface area contributed by atoms with Crippen LogP contribution in [0.3, 0.4) is 0 Å². The molecule has 0 spiro atoms. The highest BCUT2D eigenvalue weighted by molar-refractivity contribution is 7.91. The lowest BCUT2D eigenvalue weighted by Gasteiger charge is -2.25. The molecule has 128 valence electrons. The molecular weight excluding hydrogens is 316 g/mol. The van der Waals surface area contributed by atoms with Crippen molar-refractivity contribution in [2.75, 3.05) is 22.1 Å². The van der Waals surface area contributed by atoms with Crippen molar-refractivity contribution in [3.8, 4) is 0 Å². The predicted octanol–water partition coefficient (Wildman–Crippen LogP) is 3.02. The summed E-state index contributed by atoms with van der Waals surface area (Å²) in [4.78, 5) is 11.9. The summed E-state index contributed by atoms with van der Waals surface area (Å²) in [5, 5.41) is 6.05. The van der Waals surface area contributed by atoms with Crippen LogP contribution < -0.4 is 10.6 Å². The highest BCUT2D eigenvalue weighted by Crippen LogP contribution is 2.25. The Hall–Kier alpha value is -1.76. The van der Waals surface area contributed by atoms with E-state index in [9.17, 15) is 13.2 Å². The minimum absolute atomic E-state index is 0.0834. The van der Waals surface area contributed by atoms with Crippen LogP contribution in [0.25, 0.3) is 0 Å². The van der Waals surface area contributed by atoms with Crippen LogP contribution in [-0.4, -0.2) is 37.7 Å². The van der Waals surface area contributed by atoms with Gasteiger partial charge in [0.15, 0.2) is 0 Å². The van der Waals surface area contributed by atoms with Gasteiger partial charge >= 0.3 is 6.09 Å². The molecule has 0 aromatic heterocycles. The second kappa shape index (κ2) is 6.78. The van der Waals surface area contributed by atoms with Crippen molar-refractivity contribution in [3.05, 3.63) is 24.3 Å². The molecule has 0 atom stereocenters. The quantitative estimate of drug-likeness (QED) is 0.883. The molecule has 1 amide bonds. The minimum atomic E-state index is -2.89. The summed E-state index contributed by atoms with van der Waals surface area (Å²) in [7, 11) is -2.89. The zero-order valence-corrected chi connectivity index (χ0v) is 14.6. The van der Waals surface area contributed by atoms with Gasteiger partial charge in [0, 0.05) is 6.04 Å². The lowest BCUT2D eigenvalue weighted by molar-refractivity contribution is 0.0636. The molecular formula is C16H24N2O4S. The van der Waals surface area contributed by atoms with Gasteiger partial charge in [-0.1, -0.05) is 12.1 Å². The molecule has 23 heavy (non-hydrogen) atoms. The number of amides is 1. The Kier molecular flexibility index (Phi) is 5.19. The van der Waals surface area contributed by atoms with Gasteiger partial charge in [0.25, 0.3) is 0 Å². The standard InChI is InChI=1S/C16H24N2O4S/c1-16(2,3)22-15(19)18-14-7-5-4-6-13(14)17-12-8-10-23(20,21)11-9-12/h4-7,12,17H,8-11H2,1-3H3,(H,18,19). The summed E-state index contributed by atoms with van der Waals surface area (Å²) >= 11 is 0. The Morgan fingerprint density at radius 1 is 1.13 bits per heavy atom. The van der Waals surface area contributed by atoms with E-state index in [-0.39, 0.29) is 17.5 Å². The molecule has 1 heterocycles. The molecule has 1 saturated heterocycles. The van der Waals surface area contributed by atoms with Crippen molar-refractivity contribution in [2.45, 2.75) is 45.3 Å². The van der Waals surface area contributed by atoms with E-state index in [4.69, 9.17) is 4.74 Å². The Labute approximate surface area is 137 Å². The van der Waals surface area contributed by atoms with E-state index < -0.39 is 21.5 Å². The third kappa shape index (κ3) is 5.74. The Balaban J connectivity index is 2.02. The molecule has 1 aromatic carbocycles. The van der Waals surface area contributed by atoms with Gasteiger partial charge in [0.1, 0.15) is 15.4 Å². The van der Waals surface area contributed by atoms with Crippen LogP contribution in [0.2, 0.25) is 0 Å². The molecule has 1 aromatic rings. The molecule has 0 aliphatic carbocycles. The van der Waals surface area contributed by atoms with Gasteiger partial charge in [-0.3, -0.25) is 5.32 Å². The molecule has 1 aliphatic heterocycles. The second-order valence-corrected chi connectivity index (χ2v) is 9.05. The summed E-state index contributed by atoms with van der Waals surface area (Å²) in [6.45, 7) is 5.41. The first-order valence-electron chi connectivity index (χ1n) is 7.71. The minimum Gasteiger partial charge on any atom is -0.444 e. The average molecular weight is 340 g/mol. The highest BCUT2D eigenvalue weighted by atomic mass is 32.2. The number of carbonyl (C=O) groups excluding carboxylic acids is 1. The Bertz CT molecular complexity index is 651. The average Bonchev–Trinajstić information content (AvgIpc) is 2.41. The first-order chi connectivity index (χ1) is 10.6. The first kappa shape index (κ1) is 17.6. The van der Waals surface area contributed by atoms with E-state index in [0.29, 0.717) is 18.5 Å². The van der Waals surface area contributed by atoms with Crippen LogP contribution in [0.4, 0.5) is 16.2 Å². The molecule has 1 aliphatic rings. The number of carbonyl (C=O) groups is 1. The van der Waals surface area contributed by atoms with Crippen LogP contribution in [0.1, 0.15) is 33.6 Å². The maximum Gasteiger partial charge on any atom is 0.412 e. The Morgan fingerprint density at radius 2 is 1.70 bits per heavy atom. The molecule has 0 saturated carbocycles. The van der Waals surface area contributed by atoms with E-state index in [1.165, 1.54) is 0 Å². The van der Waals surface area contributed by atoms with E-state index in [1.807, 2.05) is 18.2 Å². The smallest absolute Gasteiger partial charge is 0.412 e. The summed E-state index contributed by atoms with van der Waals surface area (Å²) < 4.78 is 28.2. The molecule has 0 unspecified atom stereocenters. The lowest BCUT2D eigenvalue weighted by Crippen LogP contribution is -2.32. The number of hydrogen-bond acceptors (Lipinski definition) is 5. The highest BCUT2D eigenvalue weighted by Gasteiger charge is 2.24. The SMILES string of the molecule is CC(C)(C)OC(=O)Nc1ccccc1NC1CCS(=O)(=O)CC1. The van der Waals surface area contributed by atoms with Crippen molar-refractivity contribution >= 4 is 27.3 Å². The van der Waals surface area contributed by atoms with Gasteiger partial charge in [-0.25, -0.2) is 13.2 Å². The van der Waals surface area contributed by atoms with Crippen LogP contribution >= 0.6 is 0 Å². The van der Waals surface area contributed by atoms with Crippen LogP contribution in [0.5, 0.6) is 0 Å². The first-order valence-corrected chi connectivity index (χ1v) is 9.53. The molecule has 1 fully saturated rings. The largest absolute Gasteiger partial charge is 0.444 e. The summed E-state index contributed by atoms with van der Waals surface area (Å²) in [6, 6.07) is 7.41. The molecule has 2 rings (SSSR count). The fraction of sp³-hybridized carbons (Fsp3) is 0.562. The predicted molar refractivity (Wildman–Crippen MR) is 91.6 cm³/mol.